The number of amides is 1. The van der Waals surface area contributed by atoms with Gasteiger partial charge in [-0.3, -0.25) is 9.36 Å². The van der Waals surface area contributed by atoms with Crippen molar-refractivity contribution in [3.8, 4) is 22.8 Å². The third-order valence-electron chi connectivity index (χ3n) is 4.61. The molecule has 4 aromatic rings. The normalized spacial score (nSPS) is 10.9. The molecule has 33 heavy (non-hydrogen) atoms. The third-order valence-corrected chi connectivity index (χ3v) is 5.54. The highest BCUT2D eigenvalue weighted by atomic mass is 32.2. The van der Waals surface area contributed by atoms with Gasteiger partial charge < -0.3 is 4.74 Å². The van der Waals surface area contributed by atoms with Crippen molar-refractivity contribution in [2.75, 3.05) is 12.4 Å². The number of rotatable bonds is 9. The maximum Gasteiger partial charge on any atom is 0.250 e. The maximum absolute atomic E-state index is 12.3. The molecule has 0 saturated heterocycles. The van der Waals surface area contributed by atoms with E-state index >= 15 is 0 Å². The number of benzene rings is 3. The van der Waals surface area contributed by atoms with Gasteiger partial charge in [-0.1, -0.05) is 60.3 Å². The van der Waals surface area contributed by atoms with Crippen molar-refractivity contribution >= 4 is 23.9 Å². The molecule has 0 aliphatic rings. The van der Waals surface area contributed by atoms with Crippen LogP contribution in [0.4, 0.5) is 0 Å². The molecule has 0 radical (unpaired) electrons. The Balaban J connectivity index is 1.42. The fourth-order valence-corrected chi connectivity index (χ4v) is 3.85. The van der Waals surface area contributed by atoms with Crippen LogP contribution in [0.25, 0.3) is 17.1 Å². The Morgan fingerprint density at radius 1 is 1.00 bits per heavy atom. The highest BCUT2D eigenvalue weighted by Crippen LogP contribution is 2.27. The number of ether oxygens (including phenoxy) is 1. The molecule has 0 spiro atoms. The number of hydrazone groups is 1. The minimum Gasteiger partial charge on any atom is -0.494 e. The van der Waals surface area contributed by atoms with Crippen LogP contribution in [0.5, 0.6) is 5.75 Å². The lowest BCUT2D eigenvalue weighted by atomic mass is 10.2. The summed E-state index contributed by atoms with van der Waals surface area (Å²) >= 11 is 1.31. The van der Waals surface area contributed by atoms with Crippen molar-refractivity contribution in [2.45, 2.75) is 12.1 Å². The van der Waals surface area contributed by atoms with E-state index in [9.17, 15) is 4.79 Å². The summed E-state index contributed by atoms with van der Waals surface area (Å²) in [7, 11) is 0. The summed E-state index contributed by atoms with van der Waals surface area (Å²) in [6.07, 6.45) is 1.60. The van der Waals surface area contributed by atoms with Crippen molar-refractivity contribution in [1.29, 1.82) is 0 Å². The van der Waals surface area contributed by atoms with Crippen LogP contribution in [0.15, 0.2) is 95.2 Å². The molecule has 0 fully saturated rings. The Morgan fingerprint density at radius 3 is 2.39 bits per heavy atom. The maximum atomic E-state index is 12.3. The molecule has 3 aromatic carbocycles. The number of nitrogens with zero attached hydrogens (tertiary/aromatic N) is 4. The largest absolute Gasteiger partial charge is 0.494 e. The number of carbonyl (C=O) groups excluding carboxylic acids is 1. The van der Waals surface area contributed by atoms with Gasteiger partial charge in [-0.2, -0.15) is 5.10 Å². The molecular formula is C25H23N5O2S. The van der Waals surface area contributed by atoms with Crippen molar-refractivity contribution < 1.29 is 9.53 Å². The van der Waals surface area contributed by atoms with Crippen LogP contribution in [0.1, 0.15) is 12.5 Å². The number of thioether (sulfide) groups is 1. The smallest absolute Gasteiger partial charge is 0.250 e. The molecule has 0 unspecified atom stereocenters. The summed E-state index contributed by atoms with van der Waals surface area (Å²) in [5.74, 6) is 1.44. The lowest BCUT2D eigenvalue weighted by Gasteiger charge is -2.10. The first-order chi connectivity index (χ1) is 16.2. The number of hydrogen-bond acceptors (Lipinski definition) is 6. The first kappa shape index (κ1) is 22.3. The predicted octanol–water partition coefficient (Wildman–Crippen LogP) is 4.58. The standard InChI is InChI=1S/C25H23N5O2S/c1-2-32-22-15-13-19(14-16-22)17-26-27-23(31)18-33-25-29-28-24(20-9-5-3-6-10-20)30(25)21-11-7-4-8-12-21/h3-17H,2,18H2,1H3,(H,27,31). The van der Waals surface area contributed by atoms with Crippen LogP contribution >= 0.6 is 11.8 Å². The number of para-hydroxylation sites is 1. The Hall–Kier alpha value is -3.91. The van der Waals surface area contributed by atoms with Crippen molar-refractivity contribution in [1.82, 2.24) is 20.2 Å². The van der Waals surface area contributed by atoms with Gasteiger partial charge in [-0.05, 0) is 48.9 Å². The van der Waals surface area contributed by atoms with E-state index in [2.05, 4.69) is 20.7 Å². The van der Waals surface area contributed by atoms with Gasteiger partial charge >= 0.3 is 0 Å². The van der Waals surface area contributed by atoms with E-state index in [1.54, 1.807) is 6.21 Å². The van der Waals surface area contributed by atoms with Crippen LogP contribution in [0.3, 0.4) is 0 Å². The Bertz CT molecular complexity index is 1210. The van der Waals surface area contributed by atoms with Crippen LogP contribution in [-0.2, 0) is 4.79 Å². The molecule has 1 amide bonds. The number of hydrogen-bond donors (Lipinski definition) is 1. The average molecular weight is 458 g/mol. The first-order valence-corrected chi connectivity index (χ1v) is 11.5. The van der Waals surface area contributed by atoms with Gasteiger partial charge in [0.2, 0.25) is 0 Å². The zero-order valence-corrected chi connectivity index (χ0v) is 18.9. The Labute approximate surface area is 196 Å². The second kappa shape index (κ2) is 11.1. The number of nitrogens with one attached hydrogen (secondary N) is 1. The molecule has 1 N–H and O–H groups in total. The van der Waals surface area contributed by atoms with Gasteiger partial charge in [0.15, 0.2) is 11.0 Å². The van der Waals surface area contributed by atoms with E-state index in [1.165, 1.54) is 11.8 Å². The van der Waals surface area contributed by atoms with Gasteiger partial charge in [0.1, 0.15) is 5.75 Å². The van der Waals surface area contributed by atoms with E-state index in [-0.39, 0.29) is 11.7 Å². The Morgan fingerprint density at radius 2 is 1.70 bits per heavy atom. The molecule has 0 aliphatic carbocycles. The summed E-state index contributed by atoms with van der Waals surface area (Å²) in [6.45, 7) is 2.56. The molecule has 0 saturated carbocycles. The minimum absolute atomic E-state index is 0.153. The van der Waals surface area contributed by atoms with Crippen LogP contribution in [-0.4, -0.2) is 39.2 Å². The molecule has 0 aliphatic heterocycles. The molecule has 7 nitrogen and oxygen atoms in total. The van der Waals surface area contributed by atoms with Gasteiger partial charge in [-0.25, -0.2) is 5.43 Å². The van der Waals surface area contributed by atoms with E-state index in [0.717, 1.165) is 28.4 Å². The molecular weight excluding hydrogens is 434 g/mol. The predicted molar refractivity (Wildman–Crippen MR) is 131 cm³/mol. The summed E-state index contributed by atoms with van der Waals surface area (Å²) in [6, 6.07) is 27.2. The molecule has 8 heteroatoms. The zero-order chi connectivity index (χ0) is 22.9. The van der Waals surface area contributed by atoms with Crippen LogP contribution in [0, 0.1) is 0 Å². The summed E-state index contributed by atoms with van der Waals surface area (Å²) in [5.41, 5.74) is 5.30. The van der Waals surface area contributed by atoms with Crippen LogP contribution < -0.4 is 10.2 Å². The van der Waals surface area contributed by atoms with Gasteiger partial charge in [-0.15, -0.1) is 10.2 Å². The highest BCUT2D eigenvalue weighted by molar-refractivity contribution is 7.99. The number of aromatic nitrogens is 3. The van der Waals surface area contributed by atoms with E-state index < -0.39 is 0 Å². The SMILES string of the molecule is CCOc1ccc(C=NNC(=O)CSc2nnc(-c3ccccc3)n2-c2ccccc2)cc1. The fourth-order valence-electron chi connectivity index (χ4n) is 3.11. The number of carbonyl (C=O) groups is 1. The molecule has 166 valence electrons. The van der Waals surface area contributed by atoms with E-state index in [4.69, 9.17) is 4.74 Å². The molecule has 0 bridgehead atoms. The van der Waals surface area contributed by atoms with Crippen molar-refractivity contribution in [2.24, 2.45) is 5.10 Å². The monoisotopic (exact) mass is 457 g/mol. The van der Waals surface area contributed by atoms with Gasteiger partial charge in [0.05, 0.1) is 18.6 Å². The lowest BCUT2D eigenvalue weighted by Crippen LogP contribution is -2.20. The second-order valence-electron chi connectivity index (χ2n) is 6.93. The van der Waals surface area contributed by atoms with Gasteiger partial charge in [0.25, 0.3) is 5.91 Å². The summed E-state index contributed by atoms with van der Waals surface area (Å²) in [4.78, 5) is 12.3. The summed E-state index contributed by atoms with van der Waals surface area (Å²) < 4.78 is 7.37. The minimum atomic E-state index is -0.231. The quantitative estimate of drug-likeness (QED) is 0.226. The fraction of sp³-hybridized carbons (Fsp3) is 0.120. The van der Waals surface area contributed by atoms with Crippen molar-refractivity contribution in [3.05, 3.63) is 90.5 Å². The Kier molecular flexibility index (Phi) is 7.50. The molecule has 4 rings (SSSR count). The van der Waals surface area contributed by atoms with Crippen LogP contribution in [0.2, 0.25) is 0 Å². The molecule has 0 atom stereocenters. The average Bonchev–Trinajstić information content (AvgIpc) is 3.29. The lowest BCUT2D eigenvalue weighted by molar-refractivity contribution is -0.118. The second-order valence-corrected chi connectivity index (χ2v) is 7.87. The third kappa shape index (κ3) is 5.87. The van der Waals surface area contributed by atoms with E-state index in [1.807, 2.05) is 96.4 Å². The summed E-state index contributed by atoms with van der Waals surface area (Å²) in [5, 5.41) is 13.4. The van der Waals surface area contributed by atoms with Crippen molar-refractivity contribution in [3.63, 3.8) is 0 Å². The van der Waals surface area contributed by atoms with E-state index in [0.29, 0.717) is 11.8 Å². The first-order valence-electron chi connectivity index (χ1n) is 10.5. The topological polar surface area (TPSA) is 81.4 Å². The molecule has 1 heterocycles. The molecule has 1 aromatic heterocycles. The highest BCUT2D eigenvalue weighted by Gasteiger charge is 2.16. The zero-order valence-electron chi connectivity index (χ0n) is 18.1. The van der Waals surface area contributed by atoms with Gasteiger partial charge in [0, 0.05) is 11.3 Å².